The molecule has 0 spiro atoms. The first-order valence-electron chi connectivity index (χ1n) is 10.1. The Kier molecular flexibility index (Phi) is 7.45. The summed E-state index contributed by atoms with van der Waals surface area (Å²) in [4.78, 5) is 23.1. The Balaban J connectivity index is 1.76. The van der Waals surface area contributed by atoms with Gasteiger partial charge in [-0.2, -0.15) is 5.10 Å². The predicted octanol–water partition coefficient (Wildman–Crippen LogP) is 6.26. The first-order valence-corrected chi connectivity index (χ1v) is 11.6. The number of thioether (sulfide) groups is 1. The number of hydrogen-bond donors (Lipinski definition) is 1. The monoisotopic (exact) mass is 526 g/mol. The number of Topliss-reactive ketones (excluding diaryl/α,β-unsaturated/α-hetero) is 1. The Hall–Kier alpha value is -3.73. The number of hydrazone groups is 1. The van der Waals surface area contributed by atoms with Gasteiger partial charge in [-0.3, -0.25) is 24.9 Å². The smallest absolute Gasteiger partial charge is 0.292 e. The summed E-state index contributed by atoms with van der Waals surface area (Å²) in [6.07, 6.45) is 0. The third-order valence-corrected chi connectivity index (χ3v) is 6.25. The number of rotatable bonds is 7. The number of anilines is 1. The average Bonchev–Trinajstić information content (AvgIpc) is 3.25. The Morgan fingerprint density at radius 3 is 2.46 bits per heavy atom. The molecule has 0 aliphatic carbocycles. The van der Waals surface area contributed by atoms with Crippen molar-refractivity contribution >= 4 is 57.2 Å². The van der Waals surface area contributed by atoms with Crippen molar-refractivity contribution in [2.75, 3.05) is 5.43 Å². The SMILES string of the molecule is CC(=O)/C(=N\Nc1ccccc1[N+](=O)[O-])Sc1nnc(-c2ccc(Cl)cc2Cl)n1-c1ccccc1. The maximum absolute atomic E-state index is 12.4. The van der Waals surface area contributed by atoms with Crippen LogP contribution in [-0.2, 0) is 4.79 Å². The topological polar surface area (TPSA) is 115 Å². The molecule has 1 heterocycles. The van der Waals surface area contributed by atoms with E-state index >= 15 is 0 Å². The summed E-state index contributed by atoms with van der Waals surface area (Å²) in [7, 11) is 0. The van der Waals surface area contributed by atoms with Crippen molar-refractivity contribution in [1.82, 2.24) is 14.8 Å². The van der Waals surface area contributed by atoms with Gasteiger partial charge in [-0.15, -0.1) is 10.2 Å². The highest BCUT2D eigenvalue weighted by molar-refractivity contribution is 8.15. The Morgan fingerprint density at radius 2 is 1.77 bits per heavy atom. The molecule has 35 heavy (non-hydrogen) atoms. The van der Waals surface area contributed by atoms with Crippen molar-refractivity contribution in [2.24, 2.45) is 5.10 Å². The number of hydrogen-bond acceptors (Lipinski definition) is 8. The van der Waals surface area contributed by atoms with Crippen molar-refractivity contribution in [2.45, 2.75) is 12.1 Å². The summed E-state index contributed by atoms with van der Waals surface area (Å²) in [5, 5.41) is 25.2. The second-order valence-electron chi connectivity index (χ2n) is 7.06. The number of carbonyl (C=O) groups is 1. The fourth-order valence-electron chi connectivity index (χ4n) is 3.09. The standard InChI is InChI=1S/C23H16Cl2N6O3S/c1-14(32)22(28-26-19-9-5-6-10-20(19)31(33)34)35-23-29-27-21(17-12-11-15(24)13-18(17)25)30(23)16-7-3-2-4-8-16/h2-13,26H,1H3/b28-22+. The summed E-state index contributed by atoms with van der Waals surface area (Å²) in [5.74, 6) is 0.0738. The van der Waals surface area contributed by atoms with E-state index in [0.29, 0.717) is 26.6 Å². The molecule has 0 amide bonds. The molecule has 4 aromatic rings. The van der Waals surface area contributed by atoms with E-state index in [1.165, 1.54) is 19.1 Å². The highest BCUT2D eigenvalue weighted by atomic mass is 35.5. The van der Waals surface area contributed by atoms with Crippen LogP contribution in [0.1, 0.15) is 6.92 Å². The van der Waals surface area contributed by atoms with Gasteiger partial charge in [0.15, 0.2) is 16.7 Å². The normalized spacial score (nSPS) is 11.3. The lowest BCUT2D eigenvalue weighted by molar-refractivity contribution is -0.384. The predicted molar refractivity (Wildman–Crippen MR) is 138 cm³/mol. The molecule has 0 aliphatic rings. The van der Waals surface area contributed by atoms with Crippen LogP contribution in [0.3, 0.4) is 0 Å². The first kappa shape index (κ1) is 24.4. The van der Waals surface area contributed by atoms with Crippen molar-refractivity contribution in [3.8, 4) is 17.1 Å². The molecule has 1 aromatic heterocycles. The summed E-state index contributed by atoms with van der Waals surface area (Å²) in [6, 6.07) is 20.3. The first-order chi connectivity index (χ1) is 16.8. The summed E-state index contributed by atoms with van der Waals surface area (Å²) < 4.78 is 1.74. The molecule has 1 N–H and O–H groups in total. The van der Waals surface area contributed by atoms with Gasteiger partial charge in [0.1, 0.15) is 5.69 Å². The third-order valence-electron chi connectivity index (χ3n) is 4.69. The van der Waals surface area contributed by atoms with E-state index in [1.54, 1.807) is 34.9 Å². The molecule has 4 rings (SSSR count). The number of ketones is 1. The quantitative estimate of drug-likeness (QED) is 0.0992. The van der Waals surface area contributed by atoms with Crippen LogP contribution in [-0.4, -0.2) is 30.5 Å². The average molecular weight is 527 g/mol. The van der Waals surface area contributed by atoms with Gasteiger partial charge in [-0.25, -0.2) is 0 Å². The van der Waals surface area contributed by atoms with Gasteiger partial charge in [-0.1, -0.05) is 53.5 Å². The van der Waals surface area contributed by atoms with Crippen LogP contribution in [0.4, 0.5) is 11.4 Å². The van der Waals surface area contributed by atoms with Gasteiger partial charge in [0.25, 0.3) is 5.69 Å². The van der Waals surface area contributed by atoms with E-state index in [0.717, 1.165) is 17.4 Å². The summed E-state index contributed by atoms with van der Waals surface area (Å²) >= 11 is 13.4. The summed E-state index contributed by atoms with van der Waals surface area (Å²) in [5.41, 5.74) is 3.93. The van der Waals surface area contributed by atoms with Gasteiger partial charge in [0.05, 0.1) is 9.95 Å². The fraction of sp³-hybridized carbons (Fsp3) is 0.0435. The molecule has 0 unspecified atom stereocenters. The van der Waals surface area contributed by atoms with E-state index in [2.05, 4.69) is 20.7 Å². The van der Waals surface area contributed by atoms with Crippen LogP contribution in [0.5, 0.6) is 0 Å². The van der Waals surface area contributed by atoms with Crippen LogP contribution in [0.25, 0.3) is 17.1 Å². The number of para-hydroxylation sites is 3. The maximum atomic E-state index is 12.4. The molecule has 3 aromatic carbocycles. The molecule has 12 heteroatoms. The lowest BCUT2D eigenvalue weighted by atomic mass is 10.2. The van der Waals surface area contributed by atoms with Gasteiger partial charge < -0.3 is 0 Å². The van der Waals surface area contributed by atoms with E-state index in [9.17, 15) is 14.9 Å². The number of nitrogens with zero attached hydrogens (tertiary/aromatic N) is 5. The van der Waals surface area contributed by atoms with Crippen LogP contribution >= 0.6 is 35.0 Å². The largest absolute Gasteiger partial charge is 0.294 e. The molecular formula is C23H16Cl2N6O3S. The number of aromatic nitrogens is 3. The number of nitro benzene ring substituents is 1. The lowest BCUT2D eigenvalue weighted by Gasteiger charge is -2.11. The van der Waals surface area contributed by atoms with Crippen molar-refractivity contribution < 1.29 is 9.72 Å². The second-order valence-corrected chi connectivity index (χ2v) is 8.86. The van der Waals surface area contributed by atoms with Crippen molar-refractivity contribution in [3.05, 3.63) is 93.0 Å². The van der Waals surface area contributed by atoms with Crippen molar-refractivity contribution in [1.29, 1.82) is 0 Å². The van der Waals surface area contributed by atoms with Gasteiger partial charge in [0.2, 0.25) is 5.16 Å². The molecule has 0 radical (unpaired) electrons. The van der Waals surface area contributed by atoms with Crippen LogP contribution in [0, 0.1) is 10.1 Å². The lowest BCUT2D eigenvalue weighted by Crippen LogP contribution is -2.10. The number of nitrogens with one attached hydrogen (secondary N) is 1. The molecule has 0 bridgehead atoms. The maximum Gasteiger partial charge on any atom is 0.294 e. The number of carbonyl (C=O) groups excluding carboxylic acids is 1. The van der Waals surface area contributed by atoms with E-state index in [-0.39, 0.29) is 22.2 Å². The van der Waals surface area contributed by atoms with E-state index < -0.39 is 4.92 Å². The fourth-order valence-corrected chi connectivity index (χ4v) is 4.36. The number of nitro groups is 1. The zero-order valence-corrected chi connectivity index (χ0v) is 20.4. The zero-order chi connectivity index (χ0) is 24.9. The molecule has 0 saturated heterocycles. The van der Waals surface area contributed by atoms with Crippen LogP contribution in [0.15, 0.2) is 83.1 Å². The minimum atomic E-state index is -0.535. The minimum absolute atomic E-state index is 0.0292. The zero-order valence-electron chi connectivity index (χ0n) is 18.1. The van der Waals surface area contributed by atoms with E-state index in [4.69, 9.17) is 23.2 Å². The summed E-state index contributed by atoms with van der Waals surface area (Å²) in [6.45, 7) is 1.34. The molecule has 0 aliphatic heterocycles. The molecule has 0 atom stereocenters. The second kappa shape index (κ2) is 10.7. The number of halogens is 2. The third kappa shape index (κ3) is 5.51. The molecule has 176 valence electrons. The van der Waals surface area contributed by atoms with Gasteiger partial charge in [-0.05, 0) is 48.2 Å². The minimum Gasteiger partial charge on any atom is -0.292 e. The molecule has 0 saturated carbocycles. The van der Waals surface area contributed by atoms with Crippen molar-refractivity contribution in [3.63, 3.8) is 0 Å². The van der Waals surface area contributed by atoms with E-state index in [1.807, 2.05) is 30.3 Å². The number of benzene rings is 3. The molecule has 0 fully saturated rings. The molecule has 9 nitrogen and oxygen atoms in total. The Morgan fingerprint density at radius 1 is 1.06 bits per heavy atom. The van der Waals surface area contributed by atoms with Gasteiger partial charge in [0, 0.05) is 29.3 Å². The highest BCUT2D eigenvalue weighted by Gasteiger charge is 2.22. The molecular weight excluding hydrogens is 511 g/mol. The van der Waals surface area contributed by atoms with Gasteiger partial charge >= 0.3 is 0 Å². The Bertz CT molecular complexity index is 1440. The Labute approximate surface area is 213 Å². The highest BCUT2D eigenvalue weighted by Crippen LogP contribution is 2.34. The van der Waals surface area contributed by atoms with Crippen LogP contribution < -0.4 is 5.43 Å². The van der Waals surface area contributed by atoms with Crippen LogP contribution in [0.2, 0.25) is 10.0 Å².